The fourth-order valence-electron chi connectivity index (χ4n) is 2.86. The highest BCUT2D eigenvalue weighted by molar-refractivity contribution is 7.99. The minimum atomic E-state index is -0.0788. The molecule has 28 heavy (non-hydrogen) atoms. The molecule has 8 heteroatoms. The van der Waals surface area contributed by atoms with Crippen LogP contribution >= 0.6 is 11.8 Å². The van der Waals surface area contributed by atoms with E-state index in [1.165, 1.54) is 11.8 Å². The molecule has 1 N–H and O–H groups in total. The average Bonchev–Trinajstić information content (AvgIpc) is 3.21. The molecule has 0 aliphatic carbocycles. The van der Waals surface area contributed by atoms with Crippen molar-refractivity contribution >= 4 is 23.4 Å². The zero-order valence-corrected chi connectivity index (χ0v) is 17.0. The first-order valence-corrected chi connectivity index (χ1v) is 10.1. The number of ether oxygens (including phenoxy) is 1. The number of carbonyl (C=O) groups is 1. The van der Waals surface area contributed by atoms with Gasteiger partial charge in [-0.25, -0.2) is 0 Å². The summed E-state index contributed by atoms with van der Waals surface area (Å²) < 4.78 is 6.78. The van der Waals surface area contributed by atoms with Crippen molar-refractivity contribution in [3.8, 4) is 11.4 Å². The van der Waals surface area contributed by atoms with E-state index in [0.29, 0.717) is 5.16 Å². The fraction of sp³-hybridized carbons (Fsp3) is 0.300. The van der Waals surface area contributed by atoms with Gasteiger partial charge < -0.3 is 10.1 Å². The molecule has 1 heterocycles. The summed E-state index contributed by atoms with van der Waals surface area (Å²) in [6.45, 7) is 4.17. The first-order valence-electron chi connectivity index (χ1n) is 9.12. The van der Waals surface area contributed by atoms with E-state index in [1.807, 2.05) is 42.5 Å². The van der Waals surface area contributed by atoms with Crippen LogP contribution in [0.3, 0.4) is 0 Å². The number of nitrogens with zero attached hydrogens (tertiary/aromatic N) is 4. The molecular weight excluding hydrogens is 374 g/mol. The van der Waals surface area contributed by atoms with Crippen molar-refractivity contribution < 1.29 is 9.53 Å². The zero-order valence-electron chi connectivity index (χ0n) is 16.2. The Labute approximate surface area is 168 Å². The van der Waals surface area contributed by atoms with E-state index in [1.54, 1.807) is 11.8 Å². The SMILES string of the molecule is CCc1cccc(CC)c1NC(=O)CSc1nnnn1-c1ccc(OC)cc1. The van der Waals surface area contributed by atoms with Crippen LogP contribution in [-0.2, 0) is 17.6 Å². The molecule has 0 saturated heterocycles. The molecule has 7 nitrogen and oxygen atoms in total. The number of anilines is 1. The first-order chi connectivity index (χ1) is 13.7. The lowest BCUT2D eigenvalue weighted by Crippen LogP contribution is -2.17. The lowest BCUT2D eigenvalue weighted by Gasteiger charge is -2.14. The van der Waals surface area contributed by atoms with Gasteiger partial charge in [-0.2, -0.15) is 4.68 Å². The number of para-hydroxylation sites is 1. The van der Waals surface area contributed by atoms with Crippen LogP contribution in [0.1, 0.15) is 25.0 Å². The number of aromatic nitrogens is 4. The second-order valence-electron chi connectivity index (χ2n) is 6.07. The molecule has 3 rings (SSSR count). The molecule has 0 saturated carbocycles. The Morgan fingerprint density at radius 1 is 1.11 bits per heavy atom. The Kier molecular flexibility index (Phi) is 6.65. The monoisotopic (exact) mass is 397 g/mol. The molecule has 0 unspecified atom stereocenters. The summed E-state index contributed by atoms with van der Waals surface area (Å²) in [5, 5.41) is 15.4. The molecule has 2 aromatic carbocycles. The van der Waals surface area contributed by atoms with Gasteiger partial charge in [0.15, 0.2) is 0 Å². The molecule has 0 atom stereocenters. The van der Waals surface area contributed by atoms with E-state index in [0.717, 1.165) is 41.1 Å². The van der Waals surface area contributed by atoms with Crippen molar-refractivity contribution in [3.05, 3.63) is 53.6 Å². The largest absolute Gasteiger partial charge is 0.497 e. The van der Waals surface area contributed by atoms with Crippen LogP contribution in [0, 0.1) is 0 Å². The Balaban J connectivity index is 1.69. The maximum absolute atomic E-state index is 12.5. The maximum Gasteiger partial charge on any atom is 0.234 e. The summed E-state index contributed by atoms with van der Waals surface area (Å²) in [4.78, 5) is 12.5. The van der Waals surface area contributed by atoms with Gasteiger partial charge in [-0.05, 0) is 58.7 Å². The Morgan fingerprint density at radius 3 is 2.39 bits per heavy atom. The highest BCUT2D eigenvalue weighted by Gasteiger charge is 2.14. The zero-order chi connectivity index (χ0) is 19.9. The van der Waals surface area contributed by atoms with Gasteiger partial charge in [-0.3, -0.25) is 4.79 Å². The van der Waals surface area contributed by atoms with Crippen molar-refractivity contribution in [1.29, 1.82) is 0 Å². The minimum absolute atomic E-state index is 0.0788. The lowest BCUT2D eigenvalue weighted by atomic mass is 10.0. The summed E-state index contributed by atoms with van der Waals surface area (Å²) in [5.74, 6) is 0.897. The van der Waals surface area contributed by atoms with Crippen LogP contribution in [0.4, 0.5) is 5.69 Å². The molecule has 1 amide bonds. The van der Waals surface area contributed by atoms with E-state index in [4.69, 9.17) is 4.74 Å². The van der Waals surface area contributed by atoms with Crippen molar-refractivity contribution in [2.24, 2.45) is 0 Å². The lowest BCUT2D eigenvalue weighted by molar-refractivity contribution is -0.113. The second kappa shape index (κ2) is 9.36. The van der Waals surface area contributed by atoms with Crippen molar-refractivity contribution in [2.45, 2.75) is 31.8 Å². The molecule has 3 aromatic rings. The van der Waals surface area contributed by atoms with Gasteiger partial charge in [0.1, 0.15) is 5.75 Å². The highest BCUT2D eigenvalue weighted by Crippen LogP contribution is 2.24. The van der Waals surface area contributed by atoms with Gasteiger partial charge in [0, 0.05) is 5.69 Å². The van der Waals surface area contributed by atoms with Crippen molar-refractivity contribution in [2.75, 3.05) is 18.2 Å². The molecule has 0 fully saturated rings. The molecule has 146 valence electrons. The quantitative estimate of drug-likeness (QED) is 0.586. The highest BCUT2D eigenvalue weighted by atomic mass is 32.2. The van der Waals surface area contributed by atoms with E-state index >= 15 is 0 Å². The molecule has 0 aliphatic rings. The van der Waals surface area contributed by atoms with E-state index < -0.39 is 0 Å². The summed E-state index contributed by atoms with van der Waals surface area (Å²) in [7, 11) is 1.62. The fourth-order valence-corrected chi connectivity index (χ4v) is 3.55. The van der Waals surface area contributed by atoms with Crippen LogP contribution in [-0.4, -0.2) is 39.0 Å². The van der Waals surface area contributed by atoms with Gasteiger partial charge >= 0.3 is 0 Å². The van der Waals surface area contributed by atoms with Gasteiger partial charge in [0.2, 0.25) is 11.1 Å². The standard InChI is InChI=1S/C20H23N5O2S/c1-4-14-7-6-8-15(5-2)19(14)21-18(26)13-28-20-22-23-24-25(20)16-9-11-17(27-3)12-10-16/h6-12H,4-5,13H2,1-3H3,(H,21,26). The minimum Gasteiger partial charge on any atom is -0.497 e. The summed E-state index contributed by atoms with van der Waals surface area (Å²) >= 11 is 1.30. The normalized spacial score (nSPS) is 10.7. The van der Waals surface area contributed by atoms with Crippen LogP contribution in [0.25, 0.3) is 5.69 Å². The topological polar surface area (TPSA) is 81.9 Å². The molecular formula is C20H23N5O2S. The van der Waals surface area contributed by atoms with Gasteiger partial charge in [0.25, 0.3) is 0 Å². The van der Waals surface area contributed by atoms with E-state index in [2.05, 4.69) is 34.7 Å². The van der Waals surface area contributed by atoms with Gasteiger partial charge in [-0.1, -0.05) is 43.8 Å². The van der Waals surface area contributed by atoms with E-state index in [9.17, 15) is 4.79 Å². The van der Waals surface area contributed by atoms with Gasteiger partial charge in [-0.15, -0.1) is 5.10 Å². The first kappa shape index (κ1) is 19.9. The number of thioether (sulfide) groups is 1. The number of hydrogen-bond acceptors (Lipinski definition) is 6. The number of hydrogen-bond donors (Lipinski definition) is 1. The number of aryl methyl sites for hydroxylation is 2. The average molecular weight is 398 g/mol. The summed E-state index contributed by atoms with van der Waals surface area (Å²) in [5.41, 5.74) is 4.01. The number of amides is 1. The number of benzene rings is 2. The summed E-state index contributed by atoms with van der Waals surface area (Å²) in [6, 6.07) is 13.5. The Hall–Kier alpha value is -2.87. The van der Waals surface area contributed by atoms with Gasteiger partial charge in [0.05, 0.1) is 18.6 Å². The van der Waals surface area contributed by atoms with Crippen molar-refractivity contribution in [3.63, 3.8) is 0 Å². The predicted molar refractivity (Wildman–Crippen MR) is 110 cm³/mol. The predicted octanol–water partition coefficient (Wildman–Crippen LogP) is 3.53. The third kappa shape index (κ3) is 4.51. The molecule has 0 radical (unpaired) electrons. The molecule has 0 bridgehead atoms. The maximum atomic E-state index is 12.5. The number of nitrogens with one attached hydrogen (secondary N) is 1. The number of rotatable bonds is 8. The third-order valence-electron chi connectivity index (χ3n) is 4.35. The summed E-state index contributed by atoms with van der Waals surface area (Å²) in [6.07, 6.45) is 1.73. The van der Waals surface area contributed by atoms with Crippen LogP contribution in [0.5, 0.6) is 5.75 Å². The van der Waals surface area contributed by atoms with Crippen molar-refractivity contribution in [1.82, 2.24) is 20.2 Å². The Bertz CT molecular complexity index is 918. The number of methoxy groups -OCH3 is 1. The second-order valence-corrected chi connectivity index (χ2v) is 7.01. The number of tetrazole rings is 1. The number of carbonyl (C=O) groups excluding carboxylic acids is 1. The molecule has 1 aromatic heterocycles. The van der Waals surface area contributed by atoms with Crippen LogP contribution < -0.4 is 10.1 Å². The molecule has 0 aliphatic heterocycles. The molecule has 0 spiro atoms. The van der Waals surface area contributed by atoms with E-state index in [-0.39, 0.29) is 11.7 Å². The Morgan fingerprint density at radius 2 is 1.79 bits per heavy atom. The van der Waals surface area contributed by atoms with Crippen LogP contribution in [0.2, 0.25) is 0 Å². The third-order valence-corrected chi connectivity index (χ3v) is 5.27. The van der Waals surface area contributed by atoms with Crippen LogP contribution in [0.15, 0.2) is 47.6 Å². The smallest absolute Gasteiger partial charge is 0.234 e.